The average Bonchev–Trinajstić information content (AvgIpc) is 3.34. The Morgan fingerprint density at radius 3 is 1.89 bits per heavy atom. The zero-order valence-corrected chi connectivity index (χ0v) is 37.7. The Morgan fingerprint density at radius 1 is 0.705 bits per heavy atom. The van der Waals surface area contributed by atoms with Gasteiger partial charge in [0.05, 0.1) is 22.6 Å². The van der Waals surface area contributed by atoms with Gasteiger partial charge in [0.15, 0.2) is 11.6 Å². The molecule has 2 heterocycles. The molecule has 7 rings (SSSR count). The number of benzene rings is 3. The van der Waals surface area contributed by atoms with Gasteiger partial charge in [-0.1, -0.05) is 211 Å². The van der Waals surface area contributed by atoms with Crippen LogP contribution in [-0.4, -0.2) is 19.9 Å². The summed E-state index contributed by atoms with van der Waals surface area (Å²) in [5.74, 6) is 1.64. The van der Waals surface area contributed by atoms with E-state index in [4.69, 9.17) is 19.9 Å². The summed E-state index contributed by atoms with van der Waals surface area (Å²) >= 11 is 0. The highest BCUT2D eigenvalue weighted by Gasteiger charge is 2.14. The van der Waals surface area contributed by atoms with E-state index in [-0.39, 0.29) is 0 Å². The largest absolute Gasteiger partial charge is 0.228 e. The van der Waals surface area contributed by atoms with Gasteiger partial charge in [0.25, 0.3) is 0 Å². The number of hydrogen-bond donors (Lipinski definition) is 0. The maximum absolute atomic E-state index is 4.88. The second-order valence-corrected chi connectivity index (χ2v) is 13.7. The molecule has 0 N–H and O–H groups in total. The van der Waals surface area contributed by atoms with E-state index in [1.165, 1.54) is 11.1 Å². The summed E-state index contributed by atoms with van der Waals surface area (Å²) in [6, 6.07) is 30.9. The molecule has 314 valence electrons. The maximum atomic E-state index is 4.88. The summed E-state index contributed by atoms with van der Waals surface area (Å²) in [5, 5.41) is 1.10. The summed E-state index contributed by atoms with van der Waals surface area (Å²) in [5.41, 5.74) is 12.1. The third kappa shape index (κ3) is 15.5. The first-order valence-electron chi connectivity index (χ1n) is 21.9. The van der Waals surface area contributed by atoms with Crippen LogP contribution >= 0.6 is 0 Å². The summed E-state index contributed by atoms with van der Waals surface area (Å²) in [6.45, 7) is 25.3. The highest BCUT2D eigenvalue weighted by molar-refractivity contribution is 5.93. The van der Waals surface area contributed by atoms with Gasteiger partial charge >= 0.3 is 0 Å². The van der Waals surface area contributed by atoms with Crippen LogP contribution in [0.2, 0.25) is 0 Å². The molecule has 4 heteroatoms. The fourth-order valence-corrected chi connectivity index (χ4v) is 6.40. The van der Waals surface area contributed by atoms with Gasteiger partial charge in [-0.05, 0) is 81.2 Å². The number of fused-ring (bicyclic) bond motifs is 1. The zero-order chi connectivity index (χ0) is 44.2. The van der Waals surface area contributed by atoms with Gasteiger partial charge in [-0.25, -0.2) is 19.9 Å². The second-order valence-electron chi connectivity index (χ2n) is 13.7. The molecule has 4 nitrogen and oxygen atoms in total. The van der Waals surface area contributed by atoms with Crippen molar-refractivity contribution in [3.63, 3.8) is 0 Å². The van der Waals surface area contributed by atoms with Crippen molar-refractivity contribution in [1.29, 1.82) is 0 Å². The molecule has 61 heavy (non-hydrogen) atoms. The van der Waals surface area contributed by atoms with Crippen molar-refractivity contribution in [2.45, 2.75) is 87.0 Å². The average molecular weight is 807 g/mol. The van der Waals surface area contributed by atoms with Gasteiger partial charge in [0, 0.05) is 16.5 Å². The second kappa shape index (κ2) is 28.0. The van der Waals surface area contributed by atoms with E-state index < -0.39 is 0 Å². The van der Waals surface area contributed by atoms with Gasteiger partial charge in [-0.2, -0.15) is 0 Å². The van der Waals surface area contributed by atoms with Crippen molar-refractivity contribution in [3.05, 3.63) is 212 Å². The number of rotatable bonds is 11. The molecular weight excluding hydrogens is 741 g/mol. The van der Waals surface area contributed by atoms with E-state index in [1.54, 1.807) is 0 Å². The molecule has 0 saturated carbocycles. The van der Waals surface area contributed by atoms with Crippen LogP contribution in [0.5, 0.6) is 0 Å². The van der Waals surface area contributed by atoms with E-state index in [0.717, 1.165) is 106 Å². The number of nitrogens with zero attached hydrogens (tertiary/aromatic N) is 4. The third-order valence-electron chi connectivity index (χ3n) is 9.28. The molecule has 0 spiro atoms. The monoisotopic (exact) mass is 807 g/mol. The van der Waals surface area contributed by atoms with Crippen LogP contribution < -0.4 is 0 Å². The van der Waals surface area contributed by atoms with Crippen LogP contribution in [0.3, 0.4) is 0 Å². The van der Waals surface area contributed by atoms with Crippen molar-refractivity contribution in [2.24, 2.45) is 0 Å². The summed E-state index contributed by atoms with van der Waals surface area (Å²) < 4.78 is 0. The molecule has 2 aliphatic carbocycles. The minimum atomic E-state index is 0.787. The molecule has 0 fully saturated rings. The quantitative estimate of drug-likeness (QED) is 0.0985. The van der Waals surface area contributed by atoms with Gasteiger partial charge in [-0.15, -0.1) is 6.58 Å². The predicted octanol–water partition coefficient (Wildman–Crippen LogP) is 16.6. The SMILES string of the molecule is C/C=C\C(=C/CC)c1cc(C2=CC=CCC2)nc(-c2ccccc2)n1.C1=CCCC(c2nc(-c3ccccc3)c3ccccc3n2)=C1.C=CCC(=C)/C=C(/C)C=C.CC.CC. The fraction of sp³-hybridized carbons (Fsp3) is 0.228. The minimum absolute atomic E-state index is 0.787. The van der Waals surface area contributed by atoms with Crippen LogP contribution in [0, 0.1) is 0 Å². The topological polar surface area (TPSA) is 51.6 Å². The molecule has 3 aromatic carbocycles. The molecule has 0 atom stereocenters. The summed E-state index contributed by atoms with van der Waals surface area (Å²) in [4.78, 5) is 19.4. The molecule has 0 saturated heterocycles. The molecule has 0 radical (unpaired) electrons. The van der Waals surface area contributed by atoms with Crippen molar-refractivity contribution in [3.8, 4) is 22.6 Å². The number of aromatic nitrogens is 4. The van der Waals surface area contributed by atoms with Gasteiger partial charge in [0.2, 0.25) is 0 Å². The molecule has 2 aromatic heterocycles. The van der Waals surface area contributed by atoms with Crippen molar-refractivity contribution in [1.82, 2.24) is 19.9 Å². The van der Waals surface area contributed by atoms with E-state index in [9.17, 15) is 0 Å². The molecule has 5 aromatic rings. The number of para-hydroxylation sites is 1. The van der Waals surface area contributed by atoms with E-state index in [0.29, 0.717) is 0 Å². The van der Waals surface area contributed by atoms with Gasteiger partial charge in [-0.3, -0.25) is 0 Å². The van der Waals surface area contributed by atoms with E-state index in [1.807, 2.05) is 96.2 Å². The molecule has 2 aliphatic rings. The highest BCUT2D eigenvalue weighted by atomic mass is 14.9. The Bertz CT molecular complexity index is 2370. The Labute approximate surface area is 367 Å². The van der Waals surface area contributed by atoms with Crippen LogP contribution in [0.15, 0.2) is 195 Å². The lowest BCUT2D eigenvalue weighted by atomic mass is 9.99. The van der Waals surface area contributed by atoms with Crippen LogP contribution in [0.1, 0.15) is 104 Å². The molecule has 0 bridgehead atoms. The summed E-state index contributed by atoms with van der Waals surface area (Å²) in [6.07, 6.45) is 31.0. The molecule has 0 unspecified atom stereocenters. The Hall–Kier alpha value is -6.52. The molecule has 0 aliphatic heterocycles. The standard InChI is InChI=1S/C23H24N2.C20H16N2.C10H14.2C2H6/c1-3-11-18(12-4-2)21-17-22(19-13-7-5-8-14-19)25-23(24-21)20-15-9-6-10-16-20;1-3-9-15(10-4-1)19-17-13-7-8-14-18(17)21-20(22-19)16-11-5-2-6-12-16;1-5-7-10(4)8-9(3)6-2;2*1-2/h3,5-7,9-13,15-17H,4,8,14H2,1-2H3;1-5,7-11,13-14H,6,12H2;5-6,8H,1-2,4,7H2,3H3;2*1-2H3/b11-3-,18-12+;;9-8-;;. The highest BCUT2D eigenvalue weighted by Crippen LogP contribution is 2.30. The van der Waals surface area contributed by atoms with E-state index in [2.05, 4.69) is 136 Å². The smallest absolute Gasteiger partial charge is 0.160 e. The lowest BCUT2D eigenvalue weighted by Gasteiger charge is -2.13. The van der Waals surface area contributed by atoms with Crippen LogP contribution in [-0.2, 0) is 0 Å². The zero-order valence-electron chi connectivity index (χ0n) is 37.7. The van der Waals surface area contributed by atoms with Crippen molar-refractivity contribution in [2.75, 3.05) is 0 Å². The first-order valence-corrected chi connectivity index (χ1v) is 21.9. The first-order chi connectivity index (χ1) is 29.9. The van der Waals surface area contributed by atoms with Crippen molar-refractivity contribution >= 4 is 27.6 Å². The molecular formula is C57H66N4. The normalized spacial score (nSPS) is 13.1. The number of hydrogen-bond acceptors (Lipinski definition) is 4. The van der Waals surface area contributed by atoms with Gasteiger partial charge < -0.3 is 0 Å². The number of allylic oxidation sites excluding steroid dienone is 17. The Morgan fingerprint density at radius 2 is 1.31 bits per heavy atom. The predicted molar refractivity (Wildman–Crippen MR) is 269 cm³/mol. The van der Waals surface area contributed by atoms with E-state index >= 15 is 0 Å². The van der Waals surface area contributed by atoms with Crippen LogP contribution in [0.4, 0.5) is 0 Å². The van der Waals surface area contributed by atoms with Gasteiger partial charge in [0.1, 0.15) is 0 Å². The lowest BCUT2D eigenvalue weighted by Crippen LogP contribution is -2.01. The van der Waals surface area contributed by atoms with Crippen LogP contribution in [0.25, 0.3) is 50.3 Å². The Balaban J connectivity index is 0.000000252. The van der Waals surface area contributed by atoms with Crippen molar-refractivity contribution < 1.29 is 0 Å². The Kier molecular flexibility index (Phi) is 22.5. The maximum Gasteiger partial charge on any atom is 0.160 e. The third-order valence-corrected chi connectivity index (χ3v) is 9.28. The minimum Gasteiger partial charge on any atom is -0.228 e. The first kappa shape index (κ1) is 48.8. The lowest BCUT2D eigenvalue weighted by molar-refractivity contribution is 1.02. The summed E-state index contributed by atoms with van der Waals surface area (Å²) in [7, 11) is 0. The molecule has 0 amide bonds. The fourth-order valence-electron chi connectivity index (χ4n) is 6.40.